The Bertz CT molecular complexity index is 1220. The number of hydrogen-bond acceptors (Lipinski definition) is 5. The fourth-order valence-corrected chi connectivity index (χ4v) is 4.35. The molecule has 1 aromatic heterocycles. The lowest BCUT2D eigenvalue weighted by atomic mass is 10.1. The first-order chi connectivity index (χ1) is 13.7. The maximum Gasteiger partial charge on any atom is 0.272 e. The molecule has 1 unspecified atom stereocenters. The van der Waals surface area contributed by atoms with Crippen LogP contribution in [0.4, 0.5) is 10.1 Å². The maximum absolute atomic E-state index is 13.5. The Morgan fingerprint density at radius 1 is 1.48 bits per heavy atom. The molecule has 1 aromatic carbocycles. The third-order valence-corrected chi connectivity index (χ3v) is 5.79. The van der Waals surface area contributed by atoms with E-state index in [1.807, 2.05) is 0 Å². The quantitative estimate of drug-likeness (QED) is 0.646. The number of terminal acetylenes is 1. The monoisotopic (exact) mass is 414 g/mol. The van der Waals surface area contributed by atoms with E-state index in [-0.39, 0.29) is 27.4 Å². The second-order valence-electron chi connectivity index (χ2n) is 6.24. The molecule has 0 bridgehead atoms. The minimum absolute atomic E-state index is 0.0142. The number of aryl methyl sites for hydroxylation is 1. The number of halogens is 1. The minimum Gasteiger partial charge on any atom is -0.378 e. The van der Waals surface area contributed by atoms with E-state index in [1.165, 1.54) is 42.1 Å². The number of sulfonamides is 1. The Labute approximate surface area is 166 Å². The molecule has 0 radical (unpaired) electrons. The van der Waals surface area contributed by atoms with Crippen molar-refractivity contribution in [3.63, 3.8) is 0 Å². The fourth-order valence-electron chi connectivity index (χ4n) is 2.91. The molecule has 10 heteroatoms. The van der Waals surface area contributed by atoms with E-state index < -0.39 is 33.9 Å². The molecule has 148 valence electrons. The van der Waals surface area contributed by atoms with E-state index in [0.717, 1.165) is 6.07 Å². The first-order valence-corrected chi connectivity index (χ1v) is 9.71. The van der Waals surface area contributed by atoms with Crippen LogP contribution in [-0.4, -0.2) is 36.1 Å². The normalized spacial score (nSPS) is 18.0. The number of rotatable bonds is 3. The predicted molar refractivity (Wildman–Crippen MR) is 102 cm³/mol. The number of amides is 1. The number of aliphatic hydroxyl groups excluding tert-OH is 1. The minimum atomic E-state index is -4.07. The number of nitrogens with one attached hydrogen (secondary N) is 2. The largest absolute Gasteiger partial charge is 0.378 e. The molecule has 0 saturated carbocycles. The molecular weight excluding hydrogens is 399 g/mol. The molecule has 0 fully saturated rings. The first kappa shape index (κ1) is 20.3. The summed E-state index contributed by atoms with van der Waals surface area (Å²) >= 11 is 0. The zero-order valence-electron chi connectivity index (χ0n) is 15.0. The molecular formula is C19H15FN4O4S. The number of anilines is 1. The van der Waals surface area contributed by atoms with Crippen LogP contribution in [0.1, 0.15) is 21.6 Å². The molecule has 1 aliphatic heterocycles. The van der Waals surface area contributed by atoms with Gasteiger partial charge in [0.25, 0.3) is 5.91 Å². The lowest BCUT2D eigenvalue weighted by Gasteiger charge is -2.15. The van der Waals surface area contributed by atoms with Gasteiger partial charge in [-0.1, -0.05) is 18.1 Å². The third-order valence-electron chi connectivity index (χ3n) is 4.31. The van der Waals surface area contributed by atoms with Crippen molar-refractivity contribution in [2.75, 3.05) is 5.32 Å². The number of nitrogens with zero attached hydrogens (tertiary/aromatic N) is 2. The van der Waals surface area contributed by atoms with Gasteiger partial charge in [0.05, 0.1) is 11.6 Å². The second kappa shape index (κ2) is 7.53. The highest BCUT2D eigenvalue weighted by Gasteiger charge is 2.32. The van der Waals surface area contributed by atoms with Gasteiger partial charge >= 0.3 is 0 Å². The van der Waals surface area contributed by atoms with Crippen molar-refractivity contribution in [1.29, 1.82) is 5.26 Å². The molecule has 0 spiro atoms. The smallest absolute Gasteiger partial charge is 0.272 e. The summed E-state index contributed by atoms with van der Waals surface area (Å²) in [6.45, 7) is 0. The standard InChI is InChI=1S/C19H15FN4O4S/c1-3-16(25)15-7-5-13-17(29(27,28)23-15)10-24(2)18(13)19(26)22-12-4-6-14(20)11(8-12)9-21/h1,4-8,10,15-16,23,25H,2H3,(H,22,26)/t15-,16?/m1/s1. The number of hydrogen-bond donors (Lipinski definition) is 3. The van der Waals surface area contributed by atoms with Crippen molar-refractivity contribution in [3.8, 4) is 18.4 Å². The third kappa shape index (κ3) is 3.77. The Kier molecular flexibility index (Phi) is 5.27. The Morgan fingerprint density at radius 2 is 2.21 bits per heavy atom. The molecule has 29 heavy (non-hydrogen) atoms. The summed E-state index contributed by atoms with van der Waals surface area (Å²) in [5.74, 6) is 0.660. The number of aromatic nitrogens is 1. The van der Waals surface area contributed by atoms with Crippen molar-refractivity contribution >= 4 is 27.7 Å². The molecule has 1 amide bonds. The predicted octanol–water partition coefficient (Wildman–Crippen LogP) is 0.956. The van der Waals surface area contributed by atoms with Crippen LogP contribution in [0.15, 0.2) is 35.4 Å². The van der Waals surface area contributed by atoms with Gasteiger partial charge in [0.15, 0.2) is 0 Å². The zero-order valence-corrected chi connectivity index (χ0v) is 15.9. The molecule has 3 rings (SSSR count). The van der Waals surface area contributed by atoms with Gasteiger partial charge in [-0.25, -0.2) is 17.5 Å². The first-order valence-electron chi connectivity index (χ1n) is 8.23. The number of aliphatic hydroxyl groups is 1. The van der Waals surface area contributed by atoms with Crippen molar-refractivity contribution in [2.45, 2.75) is 17.0 Å². The highest BCUT2D eigenvalue weighted by atomic mass is 32.2. The van der Waals surface area contributed by atoms with E-state index in [1.54, 1.807) is 6.07 Å². The van der Waals surface area contributed by atoms with Gasteiger partial charge in [-0.15, -0.1) is 6.42 Å². The summed E-state index contributed by atoms with van der Waals surface area (Å²) in [6, 6.07) is 4.10. The molecule has 1 aliphatic rings. The number of benzene rings is 1. The Hall–Kier alpha value is -3.44. The van der Waals surface area contributed by atoms with Gasteiger partial charge < -0.3 is 15.0 Å². The lowest BCUT2D eigenvalue weighted by Crippen LogP contribution is -2.40. The summed E-state index contributed by atoms with van der Waals surface area (Å²) in [5, 5.41) is 21.2. The van der Waals surface area contributed by atoms with Crippen LogP contribution in [-0.2, 0) is 17.1 Å². The van der Waals surface area contributed by atoms with Crippen LogP contribution in [0.2, 0.25) is 0 Å². The molecule has 0 aliphatic carbocycles. The molecule has 2 atom stereocenters. The van der Waals surface area contributed by atoms with Gasteiger partial charge in [0.2, 0.25) is 10.0 Å². The van der Waals surface area contributed by atoms with Crippen molar-refractivity contribution in [2.24, 2.45) is 7.05 Å². The number of nitriles is 1. The maximum atomic E-state index is 13.5. The van der Waals surface area contributed by atoms with Crippen LogP contribution in [0.5, 0.6) is 0 Å². The SMILES string of the molecule is C#CC(O)[C@H]1C=Cc2c(cn(C)c2C(=O)Nc2ccc(F)c(C#N)c2)S(=O)(=O)N1. The number of carbonyl (C=O) groups is 1. The highest BCUT2D eigenvalue weighted by molar-refractivity contribution is 7.89. The highest BCUT2D eigenvalue weighted by Crippen LogP contribution is 2.27. The van der Waals surface area contributed by atoms with Crippen molar-refractivity contribution < 1.29 is 22.7 Å². The average molecular weight is 414 g/mol. The summed E-state index contributed by atoms with van der Waals surface area (Å²) in [6.07, 6.45) is 7.77. The summed E-state index contributed by atoms with van der Waals surface area (Å²) in [5.41, 5.74) is 0.0422. The van der Waals surface area contributed by atoms with Crippen LogP contribution in [0, 0.1) is 29.5 Å². The van der Waals surface area contributed by atoms with Crippen LogP contribution < -0.4 is 10.0 Å². The summed E-state index contributed by atoms with van der Waals surface area (Å²) in [7, 11) is -2.58. The Morgan fingerprint density at radius 3 is 2.86 bits per heavy atom. The van der Waals surface area contributed by atoms with Crippen molar-refractivity contribution in [1.82, 2.24) is 9.29 Å². The van der Waals surface area contributed by atoms with E-state index in [0.29, 0.717) is 0 Å². The number of fused-ring (bicyclic) bond motifs is 1. The van der Waals surface area contributed by atoms with Crippen LogP contribution in [0.25, 0.3) is 6.08 Å². The molecule has 3 N–H and O–H groups in total. The molecule has 2 aromatic rings. The fraction of sp³-hybridized carbons (Fsp3) is 0.158. The zero-order chi connectivity index (χ0) is 21.3. The Balaban J connectivity index is 2.03. The van der Waals surface area contributed by atoms with E-state index >= 15 is 0 Å². The summed E-state index contributed by atoms with van der Waals surface area (Å²) < 4.78 is 42.4. The van der Waals surface area contributed by atoms with E-state index in [9.17, 15) is 22.7 Å². The van der Waals surface area contributed by atoms with Gasteiger partial charge in [0.1, 0.15) is 28.6 Å². The topological polar surface area (TPSA) is 124 Å². The van der Waals surface area contributed by atoms with E-state index in [2.05, 4.69) is 16.0 Å². The molecule has 0 saturated heterocycles. The van der Waals surface area contributed by atoms with Crippen LogP contribution in [0.3, 0.4) is 0 Å². The lowest BCUT2D eigenvalue weighted by molar-refractivity contribution is 0.101. The van der Waals surface area contributed by atoms with Crippen LogP contribution >= 0.6 is 0 Å². The van der Waals surface area contributed by atoms with Gasteiger partial charge in [-0.05, 0) is 18.2 Å². The molecule has 8 nitrogen and oxygen atoms in total. The van der Waals surface area contributed by atoms with Crippen molar-refractivity contribution in [3.05, 3.63) is 53.1 Å². The average Bonchev–Trinajstić information content (AvgIpc) is 2.96. The van der Waals surface area contributed by atoms with Gasteiger partial charge in [-0.3, -0.25) is 4.79 Å². The van der Waals surface area contributed by atoms with Gasteiger partial charge in [-0.2, -0.15) is 5.26 Å². The van der Waals surface area contributed by atoms with E-state index in [4.69, 9.17) is 11.7 Å². The molecule has 2 heterocycles. The number of carbonyl (C=O) groups excluding carboxylic acids is 1. The summed E-state index contributed by atoms with van der Waals surface area (Å²) in [4.78, 5) is 12.6. The second-order valence-corrected chi connectivity index (χ2v) is 7.93. The van der Waals surface area contributed by atoms with Gasteiger partial charge in [0, 0.05) is 24.5 Å².